The van der Waals surface area contributed by atoms with E-state index in [-0.39, 0.29) is 18.5 Å². The van der Waals surface area contributed by atoms with Crippen LogP contribution >= 0.6 is 0 Å². The highest BCUT2D eigenvalue weighted by atomic mass is 16.5. The first kappa shape index (κ1) is 50.6. The Bertz CT molecular complexity index is 772. The molecule has 308 valence electrons. The Kier molecular flexibility index (Phi) is 41.2. The molecule has 52 heavy (non-hydrogen) atoms. The van der Waals surface area contributed by atoms with Crippen LogP contribution in [0.15, 0.2) is 12.2 Å². The molecule has 0 rings (SSSR count). The van der Waals surface area contributed by atoms with Gasteiger partial charge in [-0.15, -0.1) is 0 Å². The molecule has 0 aromatic heterocycles. The number of nitrogens with one attached hydrogen (secondary N) is 1. The van der Waals surface area contributed by atoms with Gasteiger partial charge in [-0.1, -0.05) is 193 Å². The molecule has 3 N–H and O–H groups in total. The van der Waals surface area contributed by atoms with Crippen LogP contribution in [0.1, 0.15) is 245 Å². The number of ether oxygens (including phenoxy) is 1. The second-order valence-corrected chi connectivity index (χ2v) is 15.7. The third-order valence-electron chi connectivity index (χ3n) is 10.6. The molecule has 0 fully saturated rings. The highest BCUT2D eigenvalue weighted by molar-refractivity contribution is 5.76. The Morgan fingerprint density at radius 3 is 1.37 bits per heavy atom. The van der Waals surface area contributed by atoms with Crippen molar-refractivity contribution >= 4 is 11.9 Å². The molecule has 6 nitrogen and oxygen atoms in total. The maximum absolute atomic E-state index is 12.4. The summed E-state index contributed by atoms with van der Waals surface area (Å²) in [7, 11) is 0. The number of aliphatic hydroxyl groups is 2. The smallest absolute Gasteiger partial charge is 0.305 e. The van der Waals surface area contributed by atoms with E-state index in [0.29, 0.717) is 25.9 Å². The third-order valence-corrected chi connectivity index (χ3v) is 10.6. The molecular weight excluding hydrogens is 647 g/mol. The number of allylic oxidation sites excluding steroid dienone is 2. The van der Waals surface area contributed by atoms with Crippen LogP contribution in [0, 0.1) is 0 Å². The number of aliphatic hydroxyl groups excluding tert-OH is 2. The average Bonchev–Trinajstić information content (AvgIpc) is 3.14. The van der Waals surface area contributed by atoms with Gasteiger partial charge in [0.05, 0.1) is 25.4 Å². The van der Waals surface area contributed by atoms with Gasteiger partial charge >= 0.3 is 5.97 Å². The summed E-state index contributed by atoms with van der Waals surface area (Å²) in [5, 5.41) is 23.1. The van der Waals surface area contributed by atoms with Crippen molar-refractivity contribution in [1.29, 1.82) is 0 Å². The predicted octanol–water partition coefficient (Wildman–Crippen LogP) is 13.0. The molecule has 0 saturated carbocycles. The number of rotatable bonds is 42. The van der Waals surface area contributed by atoms with Gasteiger partial charge in [-0.3, -0.25) is 9.59 Å². The molecule has 1 amide bonds. The zero-order valence-corrected chi connectivity index (χ0v) is 34.8. The number of esters is 1. The minimum absolute atomic E-state index is 0.0353. The molecule has 0 saturated heterocycles. The lowest BCUT2D eigenvalue weighted by Crippen LogP contribution is -2.45. The molecule has 0 spiro atoms. The van der Waals surface area contributed by atoms with E-state index in [1.165, 1.54) is 135 Å². The van der Waals surface area contributed by atoms with Gasteiger partial charge in [0.15, 0.2) is 0 Å². The fourth-order valence-electron chi connectivity index (χ4n) is 6.98. The summed E-state index contributed by atoms with van der Waals surface area (Å²) in [6.45, 7) is 4.85. The van der Waals surface area contributed by atoms with Crippen molar-refractivity contribution in [2.24, 2.45) is 0 Å². The van der Waals surface area contributed by atoms with Crippen molar-refractivity contribution in [3.63, 3.8) is 0 Å². The fourth-order valence-corrected chi connectivity index (χ4v) is 6.98. The Morgan fingerprint density at radius 1 is 0.519 bits per heavy atom. The molecule has 6 heteroatoms. The summed E-state index contributed by atoms with van der Waals surface area (Å²) in [5.74, 6) is -0.107. The van der Waals surface area contributed by atoms with Crippen LogP contribution in [0.2, 0.25) is 0 Å². The number of amides is 1. The summed E-state index contributed by atoms with van der Waals surface area (Å²) in [5.41, 5.74) is 0. The van der Waals surface area contributed by atoms with Crippen molar-refractivity contribution in [3.8, 4) is 0 Å². The summed E-state index contributed by atoms with van der Waals surface area (Å²) < 4.78 is 5.42. The molecular formula is C46H89NO5. The molecule has 0 aromatic rings. The molecule has 0 heterocycles. The van der Waals surface area contributed by atoms with Gasteiger partial charge in [-0.2, -0.15) is 0 Å². The minimum Gasteiger partial charge on any atom is -0.466 e. The topological polar surface area (TPSA) is 95.9 Å². The minimum atomic E-state index is -0.683. The zero-order chi connectivity index (χ0) is 38.0. The van der Waals surface area contributed by atoms with E-state index in [2.05, 4.69) is 31.3 Å². The molecule has 0 radical (unpaired) electrons. The van der Waals surface area contributed by atoms with Crippen molar-refractivity contribution < 1.29 is 24.5 Å². The lowest BCUT2D eigenvalue weighted by Gasteiger charge is -2.22. The SMILES string of the molecule is CCCCCCCCCCCCCCCC(=O)OCCCC/C=C\CCCCCCC(=O)NC(CO)C(O)CCCCCCCCCCCCCC. The van der Waals surface area contributed by atoms with Gasteiger partial charge in [-0.25, -0.2) is 0 Å². The highest BCUT2D eigenvalue weighted by Gasteiger charge is 2.20. The zero-order valence-electron chi connectivity index (χ0n) is 34.8. The highest BCUT2D eigenvalue weighted by Crippen LogP contribution is 2.15. The van der Waals surface area contributed by atoms with Crippen LogP contribution < -0.4 is 5.32 Å². The molecule has 0 aliphatic heterocycles. The van der Waals surface area contributed by atoms with Crippen molar-refractivity contribution in [3.05, 3.63) is 12.2 Å². The maximum Gasteiger partial charge on any atom is 0.305 e. The first-order valence-electron chi connectivity index (χ1n) is 22.9. The molecule has 0 bridgehead atoms. The molecule has 2 unspecified atom stereocenters. The van der Waals surface area contributed by atoms with Gasteiger partial charge in [0.1, 0.15) is 0 Å². The van der Waals surface area contributed by atoms with Gasteiger partial charge < -0.3 is 20.3 Å². The van der Waals surface area contributed by atoms with Crippen LogP contribution in [-0.4, -0.2) is 47.4 Å². The van der Waals surface area contributed by atoms with Crippen molar-refractivity contribution in [2.75, 3.05) is 13.2 Å². The van der Waals surface area contributed by atoms with E-state index in [1.807, 2.05) is 0 Å². The number of unbranched alkanes of at least 4 members (excludes halogenated alkanes) is 29. The van der Waals surface area contributed by atoms with Crippen LogP contribution in [0.3, 0.4) is 0 Å². The Hall–Kier alpha value is -1.40. The van der Waals surface area contributed by atoms with E-state index in [9.17, 15) is 19.8 Å². The standard InChI is InChI=1S/C46H89NO5/c1-3-5-7-9-11-13-15-17-19-24-28-32-36-40-46(51)52-41-37-33-29-25-21-20-23-27-31-35-39-45(50)47-43(42-48)44(49)38-34-30-26-22-18-16-14-12-10-8-6-4-2/h21,25,43-44,48-49H,3-20,22-24,26-42H2,1-2H3,(H,47,50)/b25-21-. The maximum atomic E-state index is 12.4. The van der Waals surface area contributed by atoms with Gasteiger partial charge in [0.25, 0.3) is 0 Å². The van der Waals surface area contributed by atoms with Crippen LogP contribution in [0.4, 0.5) is 0 Å². The molecule has 2 atom stereocenters. The predicted molar refractivity (Wildman–Crippen MR) is 223 cm³/mol. The number of hydrogen-bond acceptors (Lipinski definition) is 5. The van der Waals surface area contributed by atoms with E-state index in [0.717, 1.165) is 77.0 Å². The van der Waals surface area contributed by atoms with E-state index >= 15 is 0 Å². The lowest BCUT2D eigenvalue weighted by molar-refractivity contribution is -0.143. The summed E-state index contributed by atoms with van der Waals surface area (Å²) in [4.78, 5) is 24.4. The molecule has 0 aromatic carbocycles. The Labute approximate surface area is 323 Å². The van der Waals surface area contributed by atoms with Crippen molar-refractivity contribution in [2.45, 2.75) is 257 Å². The summed E-state index contributed by atoms with van der Waals surface area (Å²) in [6, 6.07) is -0.564. The Morgan fingerprint density at radius 2 is 0.904 bits per heavy atom. The lowest BCUT2D eigenvalue weighted by atomic mass is 10.0. The quantitative estimate of drug-likeness (QED) is 0.0329. The van der Waals surface area contributed by atoms with Crippen molar-refractivity contribution in [1.82, 2.24) is 5.32 Å². The van der Waals surface area contributed by atoms with Gasteiger partial charge in [0, 0.05) is 12.8 Å². The monoisotopic (exact) mass is 736 g/mol. The second-order valence-electron chi connectivity index (χ2n) is 15.7. The van der Waals surface area contributed by atoms with Gasteiger partial charge in [0.2, 0.25) is 5.91 Å². The van der Waals surface area contributed by atoms with Crippen LogP contribution in [0.5, 0.6) is 0 Å². The molecule has 0 aliphatic carbocycles. The first-order valence-corrected chi connectivity index (χ1v) is 22.9. The largest absolute Gasteiger partial charge is 0.466 e. The van der Waals surface area contributed by atoms with E-state index < -0.39 is 12.1 Å². The van der Waals surface area contributed by atoms with E-state index in [4.69, 9.17) is 4.74 Å². The summed E-state index contributed by atoms with van der Waals surface area (Å²) in [6.07, 6.45) is 46.0. The van der Waals surface area contributed by atoms with Crippen LogP contribution in [0.25, 0.3) is 0 Å². The second kappa shape index (κ2) is 42.3. The third kappa shape index (κ3) is 38.3. The first-order chi connectivity index (χ1) is 25.5. The van der Waals surface area contributed by atoms with E-state index in [1.54, 1.807) is 0 Å². The summed E-state index contributed by atoms with van der Waals surface area (Å²) >= 11 is 0. The van der Waals surface area contributed by atoms with Gasteiger partial charge in [-0.05, 0) is 51.4 Å². The normalized spacial score (nSPS) is 12.8. The van der Waals surface area contributed by atoms with Crippen LogP contribution in [-0.2, 0) is 14.3 Å². The number of carbonyl (C=O) groups is 2. The molecule has 0 aliphatic rings. The fraction of sp³-hybridized carbons (Fsp3) is 0.913. The average molecular weight is 736 g/mol. The number of carbonyl (C=O) groups excluding carboxylic acids is 2. The Balaban J connectivity index is 3.53. The number of hydrogen-bond donors (Lipinski definition) is 3.